The van der Waals surface area contributed by atoms with Crippen molar-refractivity contribution >= 4 is 33.2 Å². The van der Waals surface area contributed by atoms with Crippen LogP contribution in [0.5, 0.6) is 0 Å². The second-order valence-corrected chi connectivity index (χ2v) is 9.19. The van der Waals surface area contributed by atoms with E-state index in [2.05, 4.69) is 10.0 Å². The molecule has 0 heterocycles. The largest absolute Gasteiger partial charge is 0.321 e. The molecule has 1 aliphatic carbocycles. The van der Waals surface area contributed by atoms with Crippen LogP contribution in [0, 0.1) is 11.7 Å². The van der Waals surface area contributed by atoms with Crippen LogP contribution in [0.2, 0.25) is 5.02 Å². The van der Waals surface area contributed by atoms with Crippen LogP contribution in [-0.2, 0) is 10.0 Å². The molecule has 2 N–H and O–H groups in total. The van der Waals surface area contributed by atoms with Crippen molar-refractivity contribution in [3.05, 3.63) is 58.9 Å². The average molecular weight is 425 g/mol. The second kappa shape index (κ2) is 8.59. The molecule has 0 radical (unpaired) electrons. The van der Waals surface area contributed by atoms with Crippen LogP contribution < -0.4 is 10.0 Å². The molecule has 0 unspecified atom stereocenters. The SMILES string of the molecule is C[C@H]1CCCC[C@@H]1NS(=O)(=O)c1ccc(F)c(C(=O)Nc2ccccc2Cl)c1. The first kappa shape index (κ1) is 20.8. The summed E-state index contributed by atoms with van der Waals surface area (Å²) in [6.07, 6.45) is 3.78. The van der Waals surface area contributed by atoms with Crippen molar-refractivity contribution in [2.45, 2.75) is 43.5 Å². The number of para-hydroxylation sites is 1. The number of nitrogens with one attached hydrogen (secondary N) is 2. The van der Waals surface area contributed by atoms with Crippen molar-refractivity contribution in [1.82, 2.24) is 4.72 Å². The number of hydrogen-bond acceptors (Lipinski definition) is 3. The molecule has 2 atom stereocenters. The maximum Gasteiger partial charge on any atom is 0.258 e. The van der Waals surface area contributed by atoms with Crippen molar-refractivity contribution in [1.29, 1.82) is 0 Å². The third-order valence-electron chi connectivity index (χ3n) is 5.03. The lowest BCUT2D eigenvalue weighted by Crippen LogP contribution is -2.41. The molecule has 1 fully saturated rings. The molecule has 1 aliphatic rings. The standard InChI is InChI=1S/C20H22ClFN2O3S/c1-13-6-2-4-8-18(13)24-28(26,27)14-10-11-17(22)15(12-14)20(25)23-19-9-5-3-7-16(19)21/h3,5,7,9-13,18,24H,2,4,6,8H2,1H3,(H,23,25)/t13-,18-/m0/s1. The lowest BCUT2D eigenvalue weighted by molar-refractivity contribution is 0.102. The quantitative estimate of drug-likeness (QED) is 0.737. The highest BCUT2D eigenvalue weighted by atomic mass is 35.5. The molecular formula is C20H22ClFN2O3S. The Bertz CT molecular complexity index is 981. The van der Waals surface area contributed by atoms with Gasteiger partial charge in [-0.2, -0.15) is 0 Å². The lowest BCUT2D eigenvalue weighted by atomic mass is 9.87. The maximum atomic E-state index is 14.2. The van der Waals surface area contributed by atoms with Crippen molar-refractivity contribution < 1.29 is 17.6 Å². The zero-order valence-electron chi connectivity index (χ0n) is 15.4. The van der Waals surface area contributed by atoms with E-state index >= 15 is 0 Å². The van der Waals surface area contributed by atoms with Crippen LogP contribution in [-0.4, -0.2) is 20.4 Å². The zero-order chi connectivity index (χ0) is 20.3. The molecule has 0 saturated heterocycles. The Morgan fingerprint density at radius 1 is 1.14 bits per heavy atom. The Morgan fingerprint density at radius 3 is 2.57 bits per heavy atom. The van der Waals surface area contributed by atoms with Gasteiger partial charge in [0.1, 0.15) is 5.82 Å². The van der Waals surface area contributed by atoms with Crippen LogP contribution in [0.1, 0.15) is 43.0 Å². The fourth-order valence-corrected chi connectivity index (χ4v) is 4.94. The molecule has 2 aromatic carbocycles. The van der Waals surface area contributed by atoms with E-state index in [0.717, 1.165) is 43.9 Å². The fourth-order valence-electron chi connectivity index (χ4n) is 3.36. The minimum atomic E-state index is -3.87. The average Bonchev–Trinajstić information content (AvgIpc) is 2.65. The number of sulfonamides is 1. The Kier molecular flexibility index (Phi) is 6.37. The monoisotopic (exact) mass is 424 g/mol. The Morgan fingerprint density at radius 2 is 1.86 bits per heavy atom. The van der Waals surface area contributed by atoms with Crippen LogP contribution in [0.25, 0.3) is 0 Å². The van der Waals surface area contributed by atoms with Gasteiger partial charge in [-0.25, -0.2) is 17.5 Å². The van der Waals surface area contributed by atoms with Gasteiger partial charge in [0.05, 0.1) is 21.2 Å². The van der Waals surface area contributed by atoms with Crippen LogP contribution >= 0.6 is 11.6 Å². The topological polar surface area (TPSA) is 75.3 Å². The van der Waals surface area contributed by atoms with Gasteiger partial charge in [-0.3, -0.25) is 4.79 Å². The predicted octanol–water partition coefficient (Wildman–Crippen LogP) is 4.59. The first-order valence-corrected chi connectivity index (χ1v) is 11.0. The van der Waals surface area contributed by atoms with E-state index in [0.29, 0.717) is 10.7 Å². The van der Waals surface area contributed by atoms with E-state index in [4.69, 9.17) is 11.6 Å². The summed E-state index contributed by atoms with van der Waals surface area (Å²) in [4.78, 5) is 12.3. The number of halogens is 2. The van der Waals surface area contributed by atoms with Gasteiger partial charge in [-0.05, 0) is 49.1 Å². The van der Waals surface area contributed by atoms with Gasteiger partial charge < -0.3 is 5.32 Å². The molecular weight excluding hydrogens is 403 g/mol. The summed E-state index contributed by atoms with van der Waals surface area (Å²) in [7, 11) is -3.87. The summed E-state index contributed by atoms with van der Waals surface area (Å²) >= 11 is 6.01. The lowest BCUT2D eigenvalue weighted by Gasteiger charge is -2.29. The van der Waals surface area contributed by atoms with Gasteiger partial charge in [0.15, 0.2) is 0 Å². The molecule has 5 nitrogen and oxygen atoms in total. The highest BCUT2D eigenvalue weighted by Crippen LogP contribution is 2.26. The fraction of sp³-hybridized carbons (Fsp3) is 0.350. The number of rotatable bonds is 5. The summed E-state index contributed by atoms with van der Waals surface area (Å²) in [6.45, 7) is 2.01. The molecule has 150 valence electrons. The summed E-state index contributed by atoms with van der Waals surface area (Å²) in [5.74, 6) is -1.35. The molecule has 1 saturated carbocycles. The minimum absolute atomic E-state index is 0.143. The van der Waals surface area contributed by atoms with Gasteiger partial charge in [0.2, 0.25) is 10.0 Å². The number of hydrogen-bond donors (Lipinski definition) is 2. The third-order valence-corrected chi connectivity index (χ3v) is 6.85. The Hall–Kier alpha value is -1.96. The first-order valence-electron chi connectivity index (χ1n) is 9.15. The maximum absolute atomic E-state index is 14.2. The van der Waals surface area contributed by atoms with E-state index in [1.807, 2.05) is 6.92 Å². The molecule has 3 rings (SSSR count). The van der Waals surface area contributed by atoms with Crippen molar-refractivity contribution in [2.75, 3.05) is 5.32 Å². The minimum Gasteiger partial charge on any atom is -0.321 e. The normalized spacial score (nSPS) is 20.0. The number of benzene rings is 2. The number of anilines is 1. The summed E-state index contributed by atoms with van der Waals surface area (Å²) < 4.78 is 42.4. The van der Waals surface area contributed by atoms with Crippen molar-refractivity contribution in [3.63, 3.8) is 0 Å². The molecule has 0 spiro atoms. The second-order valence-electron chi connectivity index (χ2n) is 7.07. The van der Waals surface area contributed by atoms with E-state index < -0.39 is 21.7 Å². The van der Waals surface area contributed by atoms with E-state index in [1.165, 1.54) is 0 Å². The predicted molar refractivity (Wildman–Crippen MR) is 108 cm³/mol. The van der Waals surface area contributed by atoms with Crippen LogP contribution in [0.4, 0.5) is 10.1 Å². The molecule has 1 amide bonds. The highest BCUT2D eigenvalue weighted by molar-refractivity contribution is 7.89. The first-order chi connectivity index (χ1) is 13.3. The van der Waals surface area contributed by atoms with Gasteiger partial charge >= 0.3 is 0 Å². The smallest absolute Gasteiger partial charge is 0.258 e. The number of amides is 1. The van der Waals surface area contributed by atoms with Crippen LogP contribution in [0.15, 0.2) is 47.4 Å². The Balaban J connectivity index is 1.84. The number of carbonyl (C=O) groups is 1. The molecule has 0 aromatic heterocycles. The number of carbonyl (C=O) groups excluding carboxylic acids is 1. The molecule has 0 aliphatic heterocycles. The molecule has 2 aromatic rings. The van der Waals surface area contributed by atoms with Crippen molar-refractivity contribution in [3.8, 4) is 0 Å². The summed E-state index contributed by atoms with van der Waals surface area (Å²) in [5, 5.41) is 2.81. The van der Waals surface area contributed by atoms with Crippen LogP contribution in [0.3, 0.4) is 0 Å². The van der Waals surface area contributed by atoms with Crippen molar-refractivity contribution in [2.24, 2.45) is 5.92 Å². The van der Waals surface area contributed by atoms with Gasteiger partial charge in [-0.1, -0.05) is 43.5 Å². The molecule has 28 heavy (non-hydrogen) atoms. The summed E-state index contributed by atoms with van der Waals surface area (Å²) in [6, 6.07) is 9.57. The zero-order valence-corrected chi connectivity index (χ0v) is 17.0. The molecule has 0 bridgehead atoms. The third kappa shape index (κ3) is 4.71. The van der Waals surface area contributed by atoms with Gasteiger partial charge in [0, 0.05) is 6.04 Å². The van der Waals surface area contributed by atoms with Gasteiger partial charge in [0.25, 0.3) is 5.91 Å². The van der Waals surface area contributed by atoms with E-state index in [1.54, 1.807) is 24.3 Å². The van der Waals surface area contributed by atoms with Gasteiger partial charge in [-0.15, -0.1) is 0 Å². The highest BCUT2D eigenvalue weighted by Gasteiger charge is 2.27. The van der Waals surface area contributed by atoms with E-state index in [-0.39, 0.29) is 22.4 Å². The summed E-state index contributed by atoms with van der Waals surface area (Å²) in [5.41, 5.74) is -0.0459. The molecule has 8 heteroatoms. The Labute approximate surface area is 169 Å². The van der Waals surface area contributed by atoms with E-state index in [9.17, 15) is 17.6 Å².